The summed E-state index contributed by atoms with van der Waals surface area (Å²) in [5.74, 6) is 0. The highest BCUT2D eigenvalue weighted by atomic mass is 16.5. The Balaban J connectivity index is 2.67. The smallest absolute Gasteiger partial charge is 0.316 e. The number of hydrogen-bond donors (Lipinski definition) is 2. The topological polar surface area (TPSA) is 75.5 Å². The van der Waals surface area contributed by atoms with E-state index in [2.05, 4.69) is 9.97 Å². The lowest BCUT2D eigenvalue weighted by Gasteiger charge is -2.23. The molecule has 0 aromatic carbocycles. The van der Waals surface area contributed by atoms with Crippen molar-refractivity contribution in [2.24, 2.45) is 5.41 Å². The molecule has 0 radical (unpaired) electrons. The molecule has 5 heteroatoms. The van der Waals surface area contributed by atoms with Crippen molar-refractivity contribution in [3.8, 4) is 6.01 Å². The summed E-state index contributed by atoms with van der Waals surface area (Å²) in [6, 6.07) is 2.13. The van der Waals surface area contributed by atoms with Crippen LogP contribution in [0, 0.1) is 19.3 Å². The van der Waals surface area contributed by atoms with E-state index in [0.29, 0.717) is 0 Å². The lowest BCUT2D eigenvalue weighted by atomic mass is 9.95. The van der Waals surface area contributed by atoms with Crippen LogP contribution in [0.4, 0.5) is 0 Å². The van der Waals surface area contributed by atoms with Crippen LogP contribution >= 0.6 is 0 Å². The molecule has 0 unspecified atom stereocenters. The molecule has 1 aromatic rings. The van der Waals surface area contributed by atoms with Crippen molar-refractivity contribution in [1.82, 2.24) is 9.97 Å². The van der Waals surface area contributed by atoms with Gasteiger partial charge in [0, 0.05) is 16.8 Å². The Kier molecular flexibility index (Phi) is 4.20. The van der Waals surface area contributed by atoms with Gasteiger partial charge in [-0.25, -0.2) is 9.97 Å². The number of rotatable bonds is 5. The third-order valence-electron chi connectivity index (χ3n) is 2.27. The van der Waals surface area contributed by atoms with Crippen molar-refractivity contribution in [3.05, 3.63) is 17.5 Å². The van der Waals surface area contributed by atoms with Crippen LogP contribution in [0.5, 0.6) is 6.01 Å². The molecule has 0 aliphatic carbocycles. The van der Waals surface area contributed by atoms with Gasteiger partial charge in [-0.1, -0.05) is 6.92 Å². The molecule has 1 rings (SSSR count). The molecular weight excluding hydrogens is 208 g/mol. The van der Waals surface area contributed by atoms with Gasteiger partial charge in [0.2, 0.25) is 0 Å². The Labute approximate surface area is 95.1 Å². The summed E-state index contributed by atoms with van der Waals surface area (Å²) in [5.41, 5.74) is 0.996. The summed E-state index contributed by atoms with van der Waals surface area (Å²) < 4.78 is 5.37. The molecule has 1 aromatic heterocycles. The molecule has 0 saturated heterocycles. The number of aromatic nitrogens is 2. The maximum Gasteiger partial charge on any atom is 0.316 e. The summed E-state index contributed by atoms with van der Waals surface area (Å²) in [6.07, 6.45) is 0. The van der Waals surface area contributed by atoms with E-state index < -0.39 is 5.41 Å². The highest BCUT2D eigenvalue weighted by Gasteiger charge is 2.24. The van der Waals surface area contributed by atoms with Gasteiger partial charge >= 0.3 is 6.01 Å². The minimum atomic E-state index is -0.666. The van der Waals surface area contributed by atoms with Gasteiger partial charge in [-0.3, -0.25) is 0 Å². The van der Waals surface area contributed by atoms with E-state index in [1.807, 2.05) is 19.9 Å². The fourth-order valence-electron chi connectivity index (χ4n) is 1.14. The Morgan fingerprint density at radius 1 is 1.19 bits per heavy atom. The van der Waals surface area contributed by atoms with Crippen molar-refractivity contribution in [1.29, 1.82) is 0 Å². The summed E-state index contributed by atoms with van der Waals surface area (Å²) in [6.45, 7) is 5.35. The van der Waals surface area contributed by atoms with Crippen LogP contribution in [0.15, 0.2) is 6.07 Å². The van der Waals surface area contributed by atoms with Crippen molar-refractivity contribution < 1.29 is 14.9 Å². The average molecular weight is 226 g/mol. The van der Waals surface area contributed by atoms with Crippen LogP contribution in [0.25, 0.3) is 0 Å². The first-order chi connectivity index (χ1) is 7.49. The molecule has 0 spiro atoms. The highest BCUT2D eigenvalue weighted by Crippen LogP contribution is 2.16. The normalized spacial score (nSPS) is 11.6. The Bertz CT molecular complexity index is 331. The molecular formula is C11H18N2O3. The quantitative estimate of drug-likeness (QED) is 0.763. The zero-order valence-electron chi connectivity index (χ0n) is 9.90. The van der Waals surface area contributed by atoms with E-state index in [0.717, 1.165) is 11.4 Å². The van der Waals surface area contributed by atoms with Gasteiger partial charge in [0.25, 0.3) is 0 Å². The molecule has 0 atom stereocenters. The highest BCUT2D eigenvalue weighted by molar-refractivity contribution is 5.11. The van der Waals surface area contributed by atoms with Crippen LogP contribution < -0.4 is 4.74 Å². The lowest BCUT2D eigenvalue weighted by molar-refractivity contribution is 0.0257. The zero-order valence-corrected chi connectivity index (χ0v) is 9.90. The van der Waals surface area contributed by atoms with Crippen molar-refractivity contribution in [2.75, 3.05) is 19.8 Å². The first-order valence-corrected chi connectivity index (χ1v) is 5.16. The van der Waals surface area contributed by atoms with E-state index in [9.17, 15) is 0 Å². The molecule has 2 N–H and O–H groups in total. The Hall–Kier alpha value is -1.20. The second kappa shape index (κ2) is 5.23. The standard InChI is InChI=1S/C11H18N2O3/c1-8-4-9(2)13-10(12-8)16-7-11(3,5-14)6-15/h4,14-15H,5-7H2,1-3H3. The van der Waals surface area contributed by atoms with E-state index in [1.165, 1.54) is 0 Å². The van der Waals surface area contributed by atoms with Gasteiger partial charge in [0.05, 0.1) is 13.2 Å². The minimum Gasteiger partial charge on any atom is -0.463 e. The van der Waals surface area contributed by atoms with Crippen molar-refractivity contribution in [2.45, 2.75) is 20.8 Å². The number of ether oxygens (including phenoxy) is 1. The number of aliphatic hydroxyl groups is 2. The summed E-state index contributed by atoms with van der Waals surface area (Å²) >= 11 is 0. The largest absolute Gasteiger partial charge is 0.463 e. The van der Waals surface area contributed by atoms with Gasteiger partial charge in [0.1, 0.15) is 6.61 Å². The van der Waals surface area contributed by atoms with Crippen LogP contribution in [0.3, 0.4) is 0 Å². The monoisotopic (exact) mass is 226 g/mol. The predicted octanol–water partition coefficient (Wildman–Crippen LogP) is 0.463. The number of hydrogen-bond acceptors (Lipinski definition) is 5. The van der Waals surface area contributed by atoms with Crippen molar-refractivity contribution in [3.63, 3.8) is 0 Å². The second-order valence-corrected chi connectivity index (χ2v) is 4.35. The van der Waals surface area contributed by atoms with Gasteiger partial charge < -0.3 is 14.9 Å². The Morgan fingerprint density at radius 2 is 1.69 bits per heavy atom. The average Bonchev–Trinajstić information content (AvgIpc) is 2.25. The van der Waals surface area contributed by atoms with Crippen LogP contribution in [0.2, 0.25) is 0 Å². The third kappa shape index (κ3) is 3.43. The first kappa shape index (κ1) is 12.9. The maximum atomic E-state index is 9.09. The molecule has 90 valence electrons. The summed E-state index contributed by atoms with van der Waals surface area (Å²) in [7, 11) is 0. The van der Waals surface area contributed by atoms with Crippen LogP contribution in [-0.4, -0.2) is 40.0 Å². The first-order valence-electron chi connectivity index (χ1n) is 5.16. The Morgan fingerprint density at radius 3 is 2.12 bits per heavy atom. The van der Waals surface area contributed by atoms with E-state index in [1.54, 1.807) is 6.92 Å². The molecule has 0 saturated carbocycles. The van der Waals surface area contributed by atoms with Gasteiger partial charge in [-0.05, 0) is 19.9 Å². The van der Waals surface area contributed by atoms with Crippen LogP contribution in [0.1, 0.15) is 18.3 Å². The summed E-state index contributed by atoms with van der Waals surface area (Å²) in [4.78, 5) is 8.22. The molecule has 0 fully saturated rings. The molecule has 0 amide bonds. The SMILES string of the molecule is Cc1cc(C)nc(OCC(C)(CO)CO)n1. The molecule has 0 aliphatic rings. The predicted molar refractivity (Wildman–Crippen MR) is 59.3 cm³/mol. The fraction of sp³-hybridized carbons (Fsp3) is 0.636. The number of nitrogens with zero attached hydrogens (tertiary/aromatic N) is 2. The molecule has 1 heterocycles. The number of aryl methyl sites for hydroxylation is 2. The van der Waals surface area contributed by atoms with Gasteiger partial charge in [-0.2, -0.15) is 0 Å². The van der Waals surface area contributed by atoms with E-state index >= 15 is 0 Å². The number of aliphatic hydroxyl groups excluding tert-OH is 2. The molecule has 5 nitrogen and oxygen atoms in total. The van der Waals surface area contributed by atoms with Gasteiger partial charge in [0.15, 0.2) is 0 Å². The zero-order chi connectivity index (χ0) is 12.2. The molecule has 0 aliphatic heterocycles. The maximum absolute atomic E-state index is 9.09. The molecule has 0 bridgehead atoms. The fourth-order valence-corrected chi connectivity index (χ4v) is 1.14. The minimum absolute atomic E-state index is 0.145. The lowest BCUT2D eigenvalue weighted by Crippen LogP contribution is -2.33. The van der Waals surface area contributed by atoms with E-state index in [-0.39, 0.29) is 25.8 Å². The summed E-state index contributed by atoms with van der Waals surface area (Å²) in [5, 5.41) is 18.2. The van der Waals surface area contributed by atoms with E-state index in [4.69, 9.17) is 14.9 Å². The van der Waals surface area contributed by atoms with Gasteiger partial charge in [-0.15, -0.1) is 0 Å². The third-order valence-corrected chi connectivity index (χ3v) is 2.27. The van der Waals surface area contributed by atoms with Crippen molar-refractivity contribution >= 4 is 0 Å². The molecule has 16 heavy (non-hydrogen) atoms. The van der Waals surface area contributed by atoms with Crippen LogP contribution in [-0.2, 0) is 0 Å². The second-order valence-electron chi connectivity index (χ2n) is 4.35.